The summed E-state index contributed by atoms with van der Waals surface area (Å²) in [5.74, 6) is 3.13. The lowest BCUT2D eigenvalue weighted by molar-refractivity contribution is 0.0955. The van der Waals surface area contributed by atoms with Gasteiger partial charge in [-0.1, -0.05) is 24.1 Å². The maximum absolute atomic E-state index is 12.3. The van der Waals surface area contributed by atoms with Gasteiger partial charge in [-0.2, -0.15) is 5.10 Å². The molecule has 1 aromatic heterocycles. The van der Waals surface area contributed by atoms with Crippen LogP contribution >= 0.6 is 0 Å². The highest BCUT2D eigenvalue weighted by molar-refractivity contribution is 6.02. The summed E-state index contributed by atoms with van der Waals surface area (Å²) in [6, 6.07) is 14.9. The molecule has 1 heterocycles. The third-order valence-electron chi connectivity index (χ3n) is 4.32. The summed E-state index contributed by atoms with van der Waals surface area (Å²) in [7, 11) is 0. The lowest BCUT2D eigenvalue weighted by Crippen LogP contribution is -2.17. The van der Waals surface area contributed by atoms with Gasteiger partial charge in [0.15, 0.2) is 0 Å². The second-order valence-electron chi connectivity index (χ2n) is 5.96. The molecule has 136 valence electrons. The van der Waals surface area contributed by atoms with Gasteiger partial charge in [-0.15, -0.1) is 6.42 Å². The van der Waals surface area contributed by atoms with Crippen LogP contribution in [0.3, 0.4) is 0 Å². The van der Waals surface area contributed by atoms with Gasteiger partial charge in [-0.05, 0) is 44.2 Å². The molecule has 0 fully saturated rings. The Labute approximate surface area is 158 Å². The summed E-state index contributed by atoms with van der Waals surface area (Å²) < 4.78 is 7.44. The van der Waals surface area contributed by atoms with Crippen LogP contribution in [0.5, 0.6) is 5.75 Å². The SMILES string of the molecule is C#CCn1c(C)c(/C=N\NC(=O)c2ccc(OCC)cc2)c2ccccc21. The maximum Gasteiger partial charge on any atom is 0.271 e. The number of hydrogen-bond donors (Lipinski definition) is 1. The van der Waals surface area contributed by atoms with Gasteiger partial charge in [0.25, 0.3) is 5.91 Å². The molecule has 5 nitrogen and oxygen atoms in total. The summed E-state index contributed by atoms with van der Waals surface area (Å²) in [6.07, 6.45) is 7.16. The fourth-order valence-corrected chi connectivity index (χ4v) is 3.00. The molecule has 27 heavy (non-hydrogen) atoms. The van der Waals surface area contributed by atoms with Crippen molar-refractivity contribution in [1.29, 1.82) is 0 Å². The lowest BCUT2D eigenvalue weighted by Gasteiger charge is -2.04. The van der Waals surface area contributed by atoms with E-state index in [1.807, 2.05) is 38.1 Å². The Kier molecular flexibility index (Phi) is 5.58. The lowest BCUT2D eigenvalue weighted by atomic mass is 10.1. The number of ether oxygens (including phenoxy) is 1. The second-order valence-corrected chi connectivity index (χ2v) is 5.96. The average Bonchev–Trinajstić information content (AvgIpc) is 2.95. The minimum absolute atomic E-state index is 0.278. The van der Waals surface area contributed by atoms with Crippen LogP contribution in [0.2, 0.25) is 0 Å². The zero-order chi connectivity index (χ0) is 19.2. The van der Waals surface area contributed by atoms with E-state index in [-0.39, 0.29) is 5.91 Å². The third-order valence-corrected chi connectivity index (χ3v) is 4.32. The van der Waals surface area contributed by atoms with E-state index in [4.69, 9.17) is 11.2 Å². The number of para-hydroxylation sites is 1. The average molecular weight is 359 g/mol. The fraction of sp³-hybridized carbons (Fsp3) is 0.182. The molecule has 5 heteroatoms. The number of terminal acetylenes is 1. The van der Waals surface area contributed by atoms with E-state index in [9.17, 15) is 4.79 Å². The fourth-order valence-electron chi connectivity index (χ4n) is 3.00. The molecule has 0 unspecified atom stereocenters. The minimum atomic E-state index is -0.278. The smallest absolute Gasteiger partial charge is 0.271 e. The van der Waals surface area contributed by atoms with Crippen LogP contribution in [0.1, 0.15) is 28.5 Å². The standard InChI is InChI=1S/C22H21N3O2/c1-4-14-25-16(3)20(19-8-6-7-9-21(19)25)15-23-24-22(26)17-10-12-18(13-11-17)27-5-2/h1,6-13,15H,5,14H2,2-3H3,(H,24,26)/b23-15-. The van der Waals surface area contributed by atoms with Crippen LogP contribution in [-0.4, -0.2) is 23.3 Å². The first-order valence-corrected chi connectivity index (χ1v) is 8.73. The maximum atomic E-state index is 12.3. The normalized spacial score (nSPS) is 10.9. The number of benzene rings is 2. The molecule has 1 N–H and O–H groups in total. The van der Waals surface area contributed by atoms with Crippen molar-refractivity contribution in [3.8, 4) is 18.1 Å². The Morgan fingerprint density at radius 2 is 2.00 bits per heavy atom. The summed E-state index contributed by atoms with van der Waals surface area (Å²) >= 11 is 0. The number of carbonyl (C=O) groups is 1. The molecule has 0 radical (unpaired) electrons. The van der Waals surface area contributed by atoms with E-state index in [0.717, 1.165) is 27.9 Å². The Morgan fingerprint density at radius 3 is 2.70 bits per heavy atom. The van der Waals surface area contributed by atoms with Crippen LogP contribution in [0.4, 0.5) is 0 Å². The summed E-state index contributed by atoms with van der Waals surface area (Å²) in [5, 5.41) is 5.19. The Bertz CT molecular complexity index is 1020. The molecular weight excluding hydrogens is 338 g/mol. The molecule has 0 bridgehead atoms. The zero-order valence-corrected chi connectivity index (χ0v) is 15.4. The quantitative estimate of drug-likeness (QED) is 0.414. The van der Waals surface area contributed by atoms with E-state index in [0.29, 0.717) is 18.7 Å². The van der Waals surface area contributed by atoms with E-state index >= 15 is 0 Å². The monoisotopic (exact) mass is 359 g/mol. The van der Waals surface area contributed by atoms with Gasteiger partial charge in [-0.3, -0.25) is 4.79 Å². The molecule has 0 spiro atoms. The van der Waals surface area contributed by atoms with E-state index < -0.39 is 0 Å². The topological polar surface area (TPSA) is 55.6 Å². The molecule has 1 amide bonds. The van der Waals surface area contributed by atoms with Crippen molar-refractivity contribution in [2.75, 3.05) is 6.61 Å². The van der Waals surface area contributed by atoms with E-state index in [1.165, 1.54) is 0 Å². The number of aromatic nitrogens is 1. The van der Waals surface area contributed by atoms with Crippen LogP contribution in [0, 0.1) is 19.3 Å². The Hall–Kier alpha value is -3.52. The predicted molar refractivity (Wildman–Crippen MR) is 108 cm³/mol. The van der Waals surface area contributed by atoms with Crippen molar-refractivity contribution in [1.82, 2.24) is 9.99 Å². The van der Waals surface area contributed by atoms with E-state index in [1.54, 1.807) is 30.5 Å². The van der Waals surface area contributed by atoms with Gasteiger partial charge in [0, 0.05) is 27.7 Å². The summed E-state index contributed by atoms with van der Waals surface area (Å²) in [6.45, 7) is 4.98. The molecule has 3 rings (SSSR count). The largest absolute Gasteiger partial charge is 0.494 e. The number of fused-ring (bicyclic) bond motifs is 1. The van der Waals surface area contributed by atoms with Crippen LogP contribution < -0.4 is 10.2 Å². The first-order chi connectivity index (χ1) is 13.2. The van der Waals surface area contributed by atoms with Crippen LogP contribution in [-0.2, 0) is 6.54 Å². The number of nitrogens with one attached hydrogen (secondary N) is 1. The molecule has 0 aliphatic heterocycles. The molecule has 2 aromatic carbocycles. The molecule has 0 saturated carbocycles. The van der Waals surface area contributed by atoms with Gasteiger partial charge in [0.05, 0.1) is 19.4 Å². The first-order valence-electron chi connectivity index (χ1n) is 8.73. The van der Waals surface area contributed by atoms with Gasteiger partial charge in [0.2, 0.25) is 0 Å². The zero-order valence-electron chi connectivity index (χ0n) is 15.4. The Balaban J connectivity index is 1.79. The van der Waals surface area contributed by atoms with Crippen molar-refractivity contribution in [2.24, 2.45) is 5.10 Å². The third kappa shape index (κ3) is 3.85. The van der Waals surface area contributed by atoms with Crippen molar-refractivity contribution >= 4 is 23.0 Å². The molecular formula is C22H21N3O2. The van der Waals surface area contributed by atoms with Crippen molar-refractivity contribution in [3.63, 3.8) is 0 Å². The molecule has 3 aromatic rings. The second kappa shape index (κ2) is 8.24. The van der Waals surface area contributed by atoms with Crippen molar-refractivity contribution in [3.05, 3.63) is 65.4 Å². The number of carbonyl (C=O) groups excluding carboxylic acids is 1. The predicted octanol–water partition coefficient (Wildman–Crippen LogP) is 3.75. The van der Waals surface area contributed by atoms with Crippen LogP contribution in [0.25, 0.3) is 10.9 Å². The number of hydrazone groups is 1. The first kappa shape index (κ1) is 18.3. The number of hydrogen-bond acceptors (Lipinski definition) is 3. The Morgan fingerprint density at radius 1 is 1.26 bits per heavy atom. The summed E-state index contributed by atoms with van der Waals surface area (Å²) in [5.41, 5.74) is 6.08. The number of rotatable bonds is 6. The number of amides is 1. The molecule has 0 aliphatic rings. The van der Waals surface area contributed by atoms with Crippen molar-refractivity contribution in [2.45, 2.75) is 20.4 Å². The highest BCUT2D eigenvalue weighted by Crippen LogP contribution is 2.24. The highest BCUT2D eigenvalue weighted by atomic mass is 16.5. The van der Waals surface area contributed by atoms with Crippen molar-refractivity contribution < 1.29 is 9.53 Å². The highest BCUT2D eigenvalue weighted by Gasteiger charge is 2.11. The molecule has 0 aliphatic carbocycles. The number of nitrogens with zero attached hydrogens (tertiary/aromatic N) is 2. The summed E-state index contributed by atoms with van der Waals surface area (Å²) in [4.78, 5) is 12.3. The van der Waals surface area contributed by atoms with E-state index in [2.05, 4.69) is 21.0 Å². The van der Waals surface area contributed by atoms with Gasteiger partial charge in [-0.25, -0.2) is 5.43 Å². The van der Waals surface area contributed by atoms with Crippen LogP contribution in [0.15, 0.2) is 53.6 Å². The molecule has 0 atom stereocenters. The van der Waals surface area contributed by atoms with Gasteiger partial charge in [0.1, 0.15) is 5.75 Å². The minimum Gasteiger partial charge on any atom is -0.494 e. The van der Waals surface area contributed by atoms with Gasteiger partial charge >= 0.3 is 0 Å². The van der Waals surface area contributed by atoms with Gasteiger partial charge < -0.3 is 9.30 Å². The molecule has 0 saturated heterocycles.